The van der Waals surface area contributed by atoms with Gasteiger partial charge in [0.15, 0.2) is 11.9 Å². The van der Waals surface area contributed by atoms with E-state index in [1.54, 1.807) is 42.5 Å². The maximum Gasteiger partial charge on any atom is 0.412 e. The molecule has 36 heavy (non-hydrogen) atoms. The fourth-order valence-corrected chi connectivity index (χ4v) is 3.91. The molecule has 9 heteroatoms. The summed E-state index contributed by atoms with van der Waals surface area (Å²) in [6.45, 7) is 3.66. The van der Waals surface area contributed by atoms with Crippen LogP contribution in [0.15, 0.2) is 60.7 Å². The number of ketones is 1. The summed E-state index contributed by atoms with van der Waals surface area (Å²) in [5.41, 5.74) is 1.61. The summed E-state index contributed by atoms with van der Waals surface area (Å²) in [5, 5.41) is 14.3. The smallest absolute Gasteiger partial charge is 0.412 e. The summed E-state index contributed by atoms with van der Waals surface area (Å²) >= 11 is 3.91. The number of anilines is 1. The Balaban J connectivity index is 1.91. The Hall–Kier alpha value is -3.56. The van der Waals surface area contributed by atoms with Crippen molar-refractivity contribution in [1.82, 2.24) is 0 Å². The van der Waals surface area contributed by atoms with E-state index in [1.807, 2.05) is 19.1 Å². The lowest BCUT2D eigenvalue weighted by atomic mass is 9.95. The lowest BCUT2D eigenvalue weighted by Crippen LogP contribution is -2.30. The summed E-state index contributed by atoms with van der Waals surface area (Å²) in [7, 11) is 0. The molecule has 190 valence electrons. The third kappa shape index (κ3) is 6.99. The van der Waals surface area contributed by atoms with Crippen molar-refractivity contribution in [3.05, 3.63) is 71.8 Å². The molecule has 1 amide bonds. The first-order valence-electron chi connectivity index (χ1n) is 11.5. The van der Waals surface area contributed by atoms with Crippen LogP contribution in [0.25, 0.3) is 10.8 Å². The van der Waals surface area contributed by atoms with Crippen LogP contribution in [0, 0.1) is 0 Å². The Bertz CT molecular complexity index is 1210. The lowest BCUT2D eigenvalue weighted by Gasteiger charge is -2.28. The number of phenols is 1. The van der Waals surface area contributed by atoms with Gasteiger partial charge in [0.1, 0.15) is 11.9 Å². The second-order valence-corrected chi connectivity index (χ2v) is 8.28. The van der Waals surface area contributed by atoms with E-state index < -0.39 is 24.3 Å². The maximum absolute atomic E-state index is 13.0. The fraction of sp³-hybridized carbons (Fsp3) is 0.296. The van der Waals surface area contributed by atoms with Crippen molar-refractivity contribution in [3.8, 4) is 5.75 Å². The number of carbonyl (C=O) groups is 3. The maximum atomic E-state index is 13.0. The minimum absolute atomic E-state index is 0.0490. The van der Waals surface area contributed by atoms with Crippen LogP contribution in [0.2, 0.25) is 0 Å². The molecule has 0 heterocycles. The van der Waals surface area contributed by atoms with Gasteiger partial charge in [0.05, 0.1) is 12.4 Å². The number of benzene rings is 3. The second-order valence-electron chi connectivity index (χ2n) is 7.96. The Morgan fingerprint density at radius 1 is 1.00 bits per heavy atom. The number of rotatable bonds is 11. The summed E-state index contributed by atoms with van der Waals surface area (Å²) in [6, 6.07) is 16.9. The zero-order chi connectivity index (χ0) is 26.1. The minimum Gasteiger partial charge on any atom is -0.507 e. The van der Waals surface area contributed by atoms with Gasteiger partial charge in [-0.1, -0.05) is 30.3 Å². The van der Waals surface area contributed by atoms with Gasteiger partial charge in [-0.25, -0.2) is 4.79 Å². The van der Waals surface area contributed by atoms with Crippen LogP contribution in [0.3, 0.4) is 0 Å². The van der Waals surface area contributed by atoms with Gasteiger partial charge < -0.3 is 19.3 Å². The number of carbonyl (C=O) groups excluding carboxylic acids is 3. The number of aromatic hydroxyl groups is 1. The molecule has 0 bridgehead atoms. The van der Waals surface area contributed by atoms with E-state index in [4.69, 9.17) is 14.2 Å². The van der Waals surface area contributed by atoms with Crippen LogP contribution in [0.4, 0.5) is 10.5 Å². The monoisotopic (exact) mass is 511 g/mol. The molecule has 0 aliphatic rings. The number of esters is 1. The molecule has 2 N–H and O–H groups in total. The molecule has 3 aromatic rings. The molecular weight excluding hydrogens is 482 g/mol. The van der Waals surface area contributed by atoms with Gasteiger partial charge in [-0.2, -0.15) is 12.6 Å². The molecule has 8 nitrogen and oxygen atoms in total. The Kier molecular flexibility index (Phi) is 9.72. The van der Waals surface area contributed by atoms with Gasteiger partial charge >= 0.3 is 12.1 Å². The number of ether oxygens (including phenoxy) is 3. The van der Waals surface area contributed by atoms with Crippen LogP contribution in [0.5, 0.6) is 5.75 Å². The molecule has 2 atom stereocenters. The first-order chi connectivity index (χ1) is 17.3. The normalized spacial score (nSPS) is 12.5. The largest absolute Gasteiger partial charge is 0.507 e. The SMILES string of the molecule is CCO[C@@H](CCOC(=O)CS)[C@@H](OC(=O)Nc1ccc(C(C)=O)cc1)c1ccc(O)c2ccccc12. The third-order valence-electron chi connectivity index (χ3n) is 5.53. The zero-order valence-electron chi connectivity index (χ0n) is 20.1. The number of thiol groups is 1. The average Bonchev–Trinajstić information content (AvgIpc) is 2.87. The van der Waals surface area contributed by atoms with Gasteiger partial charge in [-0.05, 0) is 49.6 Å². The lowest BCUT2D eigenvalue weighted by molar-refractivity contribution is -0.142. The molecule has 3 aromatic carbocycles. The zero-order valence-corrected chi connectivity index (χ0v) is 21.0. The molecule has 0 aliphatic carbocycles. The molecule has 0 saturated heterocycles. The molecular formula is C27H29NO7S. The highest BCUT2D eigenvalue weighted by atomic mass is 32.1. The number of Topliss-reactive ketones (excluding diaryl/α,β-unsaturated/α-hetero) is 1. The molecule has 0 aromatic heterocycles. The van der Waals surface area contributed by atoms with Crippen LogP contribution in [-0.4, -0.2) is 48.0 Å². The van der Waals surface area contributed by atoms with E-state index in [-0.39, 0.29) is 30.3 Å². The Labute approximate surface area is 215 Å². The first kappa shape index (κ1) is 27.0. The van der Waals surface area contributed by atoms with Crippen molar-refractivity contribution in [1.29, 1.82) is 0 Å². The standard InChI is InChI=1S/C27H29NO7S/c1-3-33-24(14-15-34-25(31)16-36)26(22-12-13-23(30)21-7-5-4-6-20(21)22)35-27(32)28-19-10-8-18(9-11-19)17(2)29/h4-13,24,26,30,36H,3,14-16H2,1-2H3,(H,28,32)/t24-,26-/m0/s1. The number of phenolic OH excluding ortho intramolecular Hbond substituents is 1. The fourth-order valence-electron chi connectivity index (χ4n) is 3.82. The number of fused-ring (bicyclic) bond motifs is 1. The van der Waals surface area contributed by atoms with Crippen molar-refractivity contribution in [2.45, 2.75) is 32.5 Å². The van der Waals surface area contributed by atoms with Crippen molar-refractivity contribution >= 4 is 46.9 Å². The first-order valence-corrected chi connectivity index (χ1v) is 12.1. The van der Waals surface area contributed by atoms with Crippen molar-refractivity contribution in [3.63, 3.8) is 0 Å². The quantitative estimate of drug-likeness (QED) is 0.182. The molecule has 0 spiro atoms. The third-order valence-corrected chi connectivity index (χ3v) is 5.78. The van der Waals surface area contributed by atoms with E-state index in [0.717, 1.165) is 0 Å². The molecule has 0 fully saturated rings. The van der Waals surface area contributed by atoms with Crippen molar-refractivity contribution < 1.29 is 33.7 Å². The van der Waals surface area contributed by atoms with Crippen molar-refractivity contribution in [2.24, 2.45) is 0 Å². The van der Waals surface area contributed by atoms with Gasteiger partial charge in [-0.3, -0.25) is 14.9 Å². The van der Waals surface area contributed by atoms with Crippen molar-refractivity contribution in [2.75, 3.05) is 24.3 Å². The van der Waals surface area contributed by atoms with E-state index >= 15 is 0 Å². The Morgan fingerprint density at radius 2 is 1.69 bits per heavy atom. The van der Waals surface area contributed by atoms with Gasteiger partial charge in [0.2, 0.25) is 0 Å². The molecule has 0 saturated carbocycles. The Morgan fingerprint density at radius 3 is 2.33 bits per heavy atom. The molecule has 0 radical (unpaired) electrons. The highest BCUT2D eigenvalue weighted by Crippen LogP contribution is 2.35. The highest BCUT2D eigenvalue weighted by Gasteiger charge is 2.30. The molecule has 0 aliphatic heterocycles. The number of hydrogen-bond acceptors (Lipinski definition) is 8. The van der Waals surface area contributed by atoms with E-state index in [2.05, 4.69) is 17.9 Å². The summed E-state index contributed by atoms with van der Waals surface area (Å²) < 4.78 is 17.0. The van der Waals surface area contributed by atoms with Gasteiger partial charge in [-0.15, -0.1) is 0 Å². The predicted octanol–water partition coefficient (Wildman–Crippen LogP) is 5.31. The number of nitrogens with one attached hydrogen (secondary N) is 1. The van der Waals surface area contributed by atoms with Gasteiger partial charge in [0, 0.05) is 35.2 Å². The van der Waals surface area contributed by atoms with Crippen LogP contribution in [0.1, 0.15) is 42.3 Å². The molecule has 3 rings (SSSR count). The average molecular weight is 512 g/mol. The topological polar surface area (TPSA) is 111 Å². The summed E-state index contributed by atoms with van der Waals surface area (Å²) in [5.74, 6) is -0.500. The van der Waals surface area contributed by atoms with Gasteiger partial charge in [0.25, 0.3) is 0 Å². The van der Waals surface area contributed by atoms with Crippen LogP contribution in [-0.2, 0) is 19.0 Å². The van der Waals surface area contributed by atoms with E-state index in [1.165, 1.54) is 13.0 Å². The highest BCUT2D eigenvalue weighted by molar-refractivity contribution is 7.81. The minimum atomic E-state index is -0.887. The predicted molar refractivity (Wildman–Crippen MR) is 140 cm³/mol. The van der Waals surface area contributed by atoms with Crippen LogP contribution < -0.4 is 5.32 Å². The number of hydrogen-bond donors (Lipinski definition) is 3. The second kappa shape index (κ2) is 12.9. The van der Waals surface area contributed by atoms with E-state index in [0.29, 0.717) is 34.2 Å². The summed E-state index contributed by atoms with van der Waals surface area (Å²) in [6.07, 6.45) is -2.01. The summed E-state index contributed by atoms with van der Waals surface area (Å²) in [4.78, 5) is 36.0. The molecule has 0 unspecified atom stereocenters. The number of amides is 1. The van der Waals surface area contributed by atoms with Crippen LogP contribution >= 0.6 is 12.6 Å². The van der Waals surface area contributed by atoms with E-state index in [9.17, 15) is 19.5 Å².